The Morgan fingerprint density at radius 3 is 2.80 bits per heavy atom. The van der Waals surface area contributed by atoms with Crippen LogP contribution in [0.2, 0.25) is 0 Å². The van der Waals surface area contributed by atoms with E-state index in [2.05, 4.69) is 10.3 Å². The van der Waals surface area contributed by atoms with Gasteiger partial charge in [-0.25, -0.2) is 4.98 Å². The van der Waals surface area contributed by atoms with Gasteiger partial charge in [-0.2, -0.15) is 5.26 Å². The number of hydrogen-bond donors (Lipinski definition) is 1. The highest BCUT2D eigenvalue weighted by molar-refractivity contribution is 7.09. The van der Waals surface area contributed by atoms with E-state index in [1.807, 2.05) is 11.4 Å². The molecule has 1 heterocycles. The van der Waals surface area contributed by atoms with Crippen molar-refractivity contribution in [2.75, 3.05) is 0 Å². The van der Waals surface area contributed by atoms with Gasteiger partial charge in [-0.3, -0.25) is 4.79 Å². The van der Waals surface area contributed by atoms with Gasteiger partial charge in [-0.05, 0) is 37.1 Å². The van der Waals surface area contributed by atoms with E-state index in [4.69, 9.17) is 5.26 Å². The van der Waals surface area contributed by atoms with Gasteiger partial charge in [0.1, 0.15) is 0 Å². The highest BCUT2D eigenvalue weighted by Gasteiger charge is 2.26. The fourth-order valence-electron chi connectivity index (χ4n) is 1.89. The standard InChI is InChI=1S/C15H13N3OS/c16-7-10-1-3-11(4-2-10)14(19)17-8-13-9-20-15(18-13)12-5-6-12/h1-4,9,12H,5-6,8H2,(H,17,19). The van der Waals surface area contributed by atoms with E-state index in [0.29, 0.717) is 23.6 Å². The van der Waals surface area contributed by atoms with Crippen LogP contribution in [0.25, 0.3) is 0 Å². The number of hydrogen-bond acceptors (Lipinski definition) is 4. The van der Waals surface area contributed by atoms with Crippen LogP contribution >= 0.6 is 11.3 Å². The third kappa shape index (κ3) is 2.86. The normalized spacial score (nSPS) is 13.8. The topological polar surface area (TPSA) is 65.8 Å². The molecule has 0 aliphatic heterocycles. The third-order valence-corrected chi connectivity index (χ3v) is 4.26. The van der Waals surface area contributed by atoms with Crippen molar-refractivity contribution < 1.29 is 4.79 Å². The summed E-state index contributed by atoms with van der Waals surface area (Å²) in [6.45, 7) is 0.446. The monoisotopic (exact) mass is 283 g/mol. The second-order valence-electron chi connectivity index (χ2n) is 4.82. The minimum atomic E-state index is -0.143. The molecule has 5 heteroatoms. The van der Waals surface area contributed by atoms with Gasteiger partial charge in [0, 0.05) is 16.9 Å². The SMILES string of the molecule is N#Cc1ccc(C(=O)NCc2csc(C3CC3)n2)cc1. The summed E-state index contributed by atoms with van der Waals surface area (Å²) in [4.78, 5) is 16.5. The number of benzene rings is 1. The van der Waals surface area contributed by atoms with Crippen LogP contribution in [0.5, 0.6) is 0 Å². The molecule has 1 saturated carbocycles. The van der Waals surface area contributed by atoms with E-state index in [1.165, 1.54) is 17.8 Å². The molecule has 0 unspecified atom stereocenters. The average Bonchev–Trinajstić information content (AvgIpc) is 3.24. The summed E-state index contributed by atoms with van der Waals surface area (Å²) in [6, 6.07) is 8.63. The molecule has 0 atom stereocenters. The molecule has 2 aromatic rings. The second kappa shape index (κ2) is 5.43. The van der Waals surface area contributed by atoms with Gasteiger partial charge in [-0.1, -0.05) is 0 Å². The van der Waals surface area contributed by atoms with Gasteiger partial charge < -0.3 is 5.32 Å². The van der Waals surface area contributed by atoms with E-state index < -0.39 is 0 Å². The number of nitrogens with zero attached hydrogens (tertiary/aromatic N) is 2. The summed E-state index contributed by atoms with van der Waals surface area (Å²) in [7, 11) is 0. The Morgan fingerprint density at radius 2 is 2.15 bits per heavy atom. The van der Waals surface area contributed by atoms with Crippen LogP contribution in [0, 0.1) is 11.3 Å². The van der Waals surface area contributed by atoms with Crippen LogP contribution in [0.4, 0.5) is 0 Å². The van der Waals surface area contributed by atoms with Crippen molar-refractivity contribution >= 4 is 17.2 Å². The Labute approximate surface area is 121 Å². The van der Waals surface area contributed by atoms with Crippen molar-refractivity contribution in [1.29, 1.82) is 5.26 Å². The van der Waals surface area contributed by atoms with Crippen LogP contribution in [0.1, 0.15) is 45.4 Å². The fraction of sp³-hybridized carbons (Fsp3) is 0.267. The van der Waals surface area contributed by atoms with Gasteiger partial charge in [0.15, 0.2) is 0 Å². The zero-order valence-corrected chi connectivity index (χ0v) is 11.6. The number of carbonyl (C=O) groups is 1. The highest BCUT2D eigenvalue weighted by atomic mass is 32.1. The van der Waals surface area contributed by atoms with Crippen molar-refractivity contribution in [1.82, 2.24) is 10.3 Å². The van der Waals surface area contributed by atoms with Gasteiger partial charge in [0.25, 0.3) is 5.91 Å². The lowest BCUT2D eigenvalue weighted by Gasteiger charge is -2.03. The molecule has 1 aliphatic carbocycles. The van der Waals surface area contributed by atoms with E-state index in [0.717, 1.165) is 5.69 Å². The maximum atomic E-state index is 12.0. The molecule has 20 heavy (non-hydrogen) atoms. The van der Waals surface area contributed by atoms with Crippen LogP contribution in [-0.2, 0) is 6.54 Å². The predicted molar refractivity (Wildman–Crippen MR) is 76.4 cm³/mol. The van der Waals surface area contributed by atoms with Crippen molar-refractivity contribution in [2.24, 2.45) is 0 Å². The average molecular weight is 283 g/mol. The Morgan fingerprint density at radius 1 is 1.40 bits per heavy atom. The number of aromatic nitrogens is 1. The Kier molecular flexibility index (Phi) is 3.48. The molecule has 0 radical (unpaired) electrons. The van der Waals surface area contributed by atoms with Crippen molar-refractivity contribution in [3.63, 3.8) is 0 Å². The van der Waals surface area contributed by atoms with E-state index in [-0.39, 0.29) is 5.91 Å². The smallest absolute Gasteiger partial charge is 0.251 e. The molecule has 0 spiro atoms. The predicted octanol–water partition coefficient (Wildman–Crippen LogP) is 2.82. The molecule has 1 aromatic carbocycles. The molecule has 0 saturated heterocycles. The number of thiazole rings is 1. The minimum absolute atomic E-state index is 0.143. The first kappa shape index (κ1) is 12.8. The quantitative estimate of drug-likeness (QED) is 0.938. The highest BCUT2D eigenvalue weighted by Crippen LogP contribution is 2.41. The largest absolute Gasteiger partial charge is 0.346 e. The molecule has 3 rings (SSSR count). The van der Waals surface area contributed by atoms with Crippen LogP contribution in [0.3, 0.4) is 0 Å². The first-order chi connectivity index (χ1) is 9.76. The maximum Gasteiger partial charge on any atom is 0.251 e. The number of carbonyl (C=O) groups excluding carboxylic acids is 1. The number of nitrogens with one attached hydrogen (secondary N) is 1. The first-order valence-corrected chi connectivity index (χ1v) is 7.37. The lowest BCUT2D eigenvalue weighted by molar-refractivity contribution is 0.0950. The van der Waals surface area contributed by atoms with Crippen molar-refractivity contribution in [2.45, 2.75) is 25.3 Å². The molecule has 1 fully saturated rings. The molecule has 100 valence electrons. The number of nitriles is 1. The summed E-state index contributed by atoms with van der Waals surface area (Å²) in [6.07, 6.45) is 2.48. The molecular weight excluding hydrogens is 270 g/mol. The third-order valence-electron chi connectivity index (χ3n) is 3.20. The Balaban J connectivity index is 1.58. The first-order valence-electron chi connectivity index (χ1n) is 6.49. The summed E-state index contributed by atoms with van der Waals surface area (Å²) in [5, 5.41) is 14.8. The lowest BCUT2D eigenvalue weighted by atomic mass is 10.1. The minimum Gasteiger partial charge on any atom is -0.346 e. The summed E-state index contributed by atoms with van der Waals surface area (Å²) in [5.74, 6) is 0.512. The van der Waals surface area contributed by atoms with Gasteiger partial charge >= 0.3 is 0 Å². The van der Waals surface area contributed by atoms with Gasteiger partial charge in [-0.15, -0.1) is 11.3 Å². The van der Waals surface area contributed by atoms with E-state index in [9.17, 15) is 4.79 Å². The Bertz CT molecular complexity index is 665. The van der Waals surface area contributed by atoms with Crippen LogP contribution in [0.15, 0.2) is 29.6 Å². The zero-order chi connectivity index (χ0) is 13.9. The van der Waals surface area contributed by atoms with Crippen molar-refractivity contribution in [3.05, 3.63) is 51.5 Å². The van der Waals surface area contributed by atoms with E-state index in [1.54, 1.807) is 35.6 Å². The molecule has 0 bridgehead atoms. The fourth-order valence-corrected chi connectivity index (χ4v) is 2.88. The summed E-state index contributed by atoms with van der Waals surface area (Å²) in [5.41, 5.74) is 2.02. The van der Waals surface area contributed by atoms with E-state index >= 15 is 0 Å². The molecule has 1 amide bonds. The number of amides is 1. The van der Waals surface area contributed by atoms with Crippen LogP contribution in [-0.4, -0.2) is 10.9 Å². The van der Waals surface area contributed by atoms with Gasteiger partial charge in [0.2, 0.25) is 0 Å². The molecule has 1 aliphatic rings. The second-order valence-corrected chi connectivity index (χ2v) is 5.71. The molecule has 1 N–H and O–H groups in total. The lowest BCUT2D eigenvalue weighted by Crippen LogP contribution is -2.22. The molecule has 4 nitrogen and oxygen atoms in total. The maximum absolute atomic E-state index is 12.0. The molecule has 1 aromatic heterocycles. The zero-order valence-electron chi connectivity index (χ0n) is 10.8. The van der Waals surface area contributed by atoms with Crippen molar-refractivity contribution in [3.8, 4) is 6.07 Å². The Hall–Kier alpha value is -2.19. The summed E-state index contributed by atoms with van der Waals surface area (Å²) < 4.78 is 0. The summed E-state index contributed by atoms with van der Waals surface area (Å²) >= 11 is 1.67. The van der Waals surface area contributed by atoms with Crippen LogP contribution < -0.4 is 5.32 Å². The molecular formula is C15H13N3OS. The van der Waals surface area contributed by atoms with Gasteiger partial charge in [0.05, 0.1) is 28.9 Å². The number of rotatable bonds is 4.